The Bertz CT molecular complexity index is 928. The smallest absolute Gasteiger partial charge is 0.184 e. The first kappa shape index (κ1) is 25.8. The average molecular weight is 471 g/mol. The number of allylic oxidation sites excluding steroid dienone is 3. The van der Waals surface area contributed by atoms with Crippen molar-refractivity contribution in [3.05, 3.63) is 23.3 Å². The third-order valence-electron chi connectivity index (χ3n) is 11.6. The monoisotopic (exact) mass is 470 g/mol. The summed E-state index contributed by atoms with van der Waals surface area (Å²) in [4.78, 5) is 25.5. The Labute approximate surface area is 206 Å². The van der Waals surface area contributed by atoms with Crippen LogP contribution in [0, 0.1) is 45.3 Å². The lowest BCUT2D eigenvalue weighted by Crippen LogP contribution is -2.59. The number of aliphatic hydroxyl groups is 2. The lowest BCUT2D eigenvalue weighted by Gasteiger charge is -2.63. The Balaban J connectivity index is 1.67. The molecule has 0 aromatic heterocycles. The van der Waals surface area contributed by atoms with Crippen LogP contribution in [-0.2, 0) is 9.59 Å². The van der Waals surface area contributed by atoms with E-state index in [1.54, 1.807) is 11.6 Å². The van der Waals surface area contributed by atoms with E-state index in [1.807, 2.05) is 20.8 Å². The zero-order valence-corrected chi connectivity index (χ0v) is 22.4. The summed E-state index contributed by atoms with van der Waals surface area (Å²) < 4.78 is 0. The Hall–Kier alpha value is -1.26. The number of carbonyl (C=O) groups is 2. The minimum absolute atomic E-state index is 0.0302. The van der Waals surface area contributed by atoms with Crippen molar-refractivity contribution in [3.63, 3.8) is 0 Å². The zero-order chi connectivity index (χ0) is 25.3. The molecular formula is C30H46O4. The van der Waals surface area contributed by atoms with Gasteiger partial charge in [0.15, 0.2) is 5.78 Å². The quantitative estimate of drug-likeness (QED) is 0.401. The van der Waals surface area contributed by atoms with Crippen LogP contribution in [-0.4, -0.2) is 34.5 Å². The largest absolute Gasteiger partial charge is 0.395 e. The maximum absolute atomic E-state index is 12.9. The van der Waals surface area contributed by atoms with E-state index in [-0.39, 0.29) is 46.3 Å². The minimum atomic E-state index is -0.950. The molecule has 4 nitrogen and oxygen atoms in total. The molecule has 0 aromatic rings. The number of aliphatic hydroxyl groups excluding tert-OH is 2. The van der Waals surface area contributed by atoms with Crippen molar-refractivity contribution >= 4 is 11.6 Å². The van der Waals surface area contributed by atoms with Gasteiger partial charge in [-0.2, -0.15) is 0 Å². The third kappa shape index (κ3) is 3.38. The molecule has 0 bridgehead atoms. The molecule has 3 fully saturated rings. The highest BCUT2D eigenvalue weighted by atomic mass is 16.3. The van der Waals surface area contributed by atoms with E-state index >= 15 is 0 Å². The molecule has 0 heterocycles. The summed E-state index contributed by atoms with van der Waals surface area (Å²) in [6.07, 6.45) is 9.70. The van der Waals surface area contributed by atoms with Gasteiger partial charge in [-0.25, -0.2) is 0 Å². The standard InChI is InChI=1S/C30H46O4/c1-18(2)16-23(32)26(34)19(3)20-10-14-30(7)22-8-9-24-27(4,21(22)11-15-29(20,30)6)13-12-25(33)28(24,5)17-31/h8,16,19-21,24,26,31,34H,9-15,17H2,1-7H3. The van der Waals surface area contributed by atoms with Crippen LogP contribution < -0.4 is 0 Å². The molecule has 0 radical (unpaired) electrons. The second-order valence-corrected chi connectivity index (χ2v) is 13.4. The molecule has 4 rings (SSSR count). The van der Waals surface area contributed by atoms with E-state index in [0.717, 1.165) is 44.1 Å². The third-order valence-corrected chi connectivity index (χ3v) is 11.6. The zero-order valence-electron chi connectivity index (χ0n) is 22.4. The van der Waals surface area contributed by atoms with Gasteiger partial charge in [0.1, 0.15) is 11.9 Å². The normalized spacial score (nSPS) is 45.4. The Kier molecular flexibility index (Phi) is 6.38. The van der Waals surface area contributed by atoms with Gasteiger partial charge in [-0.15, -0.1) is 0 Å². The lowest BCUT2D eigenvalue weighted by atomic mass is 9.41. The highest BCUT2D eigenvalue weighted by Gasteiger charge is 2.66. The fourth-order valence-corrected chi connectivity index (χ4v) is 9.28. The number of ketones is 2. The van der Waals surface area contributed by atoms with Crippen molar-refractivity contribution in [2.75, 3.05) is 6.61 Å². The molecule has 9 atom stereocenters. The van der Waals surface area contributed by atoms with E-state index < -0.39 is 11.5 Å². The first-order valence-corrected chi connectivity index (χ1v) is 13.5. The topological polar surface area (TPSA) is 74.6 Å². The Morgan fingerprint density at radius 2 is 1.82 bits per heavy atom. The van der Waals surface area contributed by atoms with Crippen LogP contribution in [0.4, 0.5) is 0 Å². The lowest BCUT2D eigenvalue weighted by molar-refractivity contribution is -0.153. The summed E-state index contributed by atoms with van der Waals surface area (Å²) in [5.41, 5.74) is 1.96. The predicted molar refractivity (Wildman–Crippen MR) is 135 cm³/mol. The number of hydrogen-bond acceptors (Lipinski definition) is 4. The molecule has 190 valence electrons. The van der Waals surface area contributed by atoms with Gasteiger partial charge in [0.05, 0.1) is 12.0 Å². The number of fused-ring (bicyclic) bond motifs is 5. The minimum Gasteiger partial charge on any atom is -0.395 e. The summed E-state index contributed by atoms with van der Waals surface area (Å²) >= 11 is 0. The number of rotatable bonds is 5. The van der Waals surface area contributed by atoms with Gasteiger partial charge in [-0.1, -0.05) is 51.8 Å². The maximum atomic E-state index is 12.9. The van der Waals surface area contributed by atoms with E-state index in [1.165, 1.54) is 0 Å². The van der Waals surface area contributed by atoms with Gasteiger partial charge < -0.3 is 10.2 Å². The van der Waals surface area contributed by atoms with Crippen LogP contribution in [0.25, 0.3) is 0 Å². The van der Waals surface area contributed by atoms with Crippen molar-refractivity contribution in [1.82, 2.24) is 0 Å². The molecule has 3 saturated carbocycles. The molecule has 0 aliphatic heterocycles. The Morgan fingerprint density at radius 3 is 2.44 bits per heavy atom. The molecule has 0 saturated heterocycles. The first-order chi connectivity index (χ1) is 15.8. The summed E-state index contributed by atoms with van der Waals surface area (Å²) in [5, 5.41) is 21.2. The van der Waals surface area contributed by atoms with Gasteiger partial charge in [0, 0.05) is 6.42 Å². The van der Waals surface area contributed by atoms with E-state index in [4.69, 9.17) is 0 Å². The van der Waals surface area contributed by atoms with Crippen LogP contribution >= 0.6 is 0 Å². The molecule has 0 aromatic carbocycles. The average Bonchev–Trinajstić information content (AvgIpc) is 3.06. The highest BCUT2D eigenvalue weighted by Crippen LogP contribution is 2.73. The van der Waals surface area contributed by atoms with E-state index in [0.29, 0.717) is 18.3 Å². The number of Topliss-reactive ketones (excluding diaryl/α,β-unsaturated/α-hetero) is 1. The van der Waals surface area contributed by atoms with Gasteiger partial charge in [-0.05, 0) is 98.4 Å². The van der Waals surface area contributed by atoms with E-state index in [9.17, 15) is 19.8 Å². The second kappa shape index (κ2) is 8.40. The molecule has 4 aliphatic carbocycles. The SMILES string of the molecule is CC(C)=CC(=O)C(O)C(C)C1CCC2(C)C3=CCC4C(C)(CO)C(=O)CCC4(C)C3CCC12C. The summed E-state index contributed by atoms with van der Waals surface area (Å²) in [6.45, 7) is 15.0. The van der Waals surface area contributed by atoms with Crippen LogP contribution in [0.1, 0.15) is 93.4 Å². The van der Waals surface area contributed by atoms with Crippen LogP contribution in [0.3, 0.4) is 0 Å². The molecule has 4 aliphatic rings. The molecule has 4 heteroatoms. The first-order valence-electron chi connectivity index (χ1n) is 13.5. The van der Waals surface area contributed by atoms with Gasteiger partial charge in [0.25, 0.3) is 0 Å². The van der Waals surface area contributed by atoms with Crippen LogP contribution in [0.15, 0.2) is 23.3 Å². The van der Waals surface area contributed by atoms with Crippen LogP contribution in [0.2, 0.25) is 0 Å². The van der Waals surface area contributed by atoms with Crippen molar-refractivity contribution in [3.8, 4) is 0 Å². The summed E-state index contributed by atoms with van der Waals surface area (Å²) in [6, 6.07) is 0. The van der Waals surface area contributed by atoms with Gasteiger partial charge >= 0.3 is 0 Å². The molecule has 9 unspecified atom stereocenters. The highest BCUT2D eigenvalue weighted by molar-refractivity contribution is 5.94. The summed E-state index contributed by atoms with van der Waals surface area (Å²) in [5.74, 6) is 0.906. The van der Waals surface area contributed by atoms with Gasteiger partial charge in [0.2, 0.25) is 0 Å². The molecular weight excluding hydrogens is 424 g/mol. The number of carbonyl (C=O) groups excluding carboxylic acids is 2. The van der Waals surface area contributed by atoms with Crippen molar-refractivity contribution < 1.29 is 19.8 Å². The molecule has 0 spiro atoms. The van der Waals surface area contributed by atoms with Crippen molar-refractivity contribution in [2.24, 2.45) is 45.3 Å². The molecule has 34 heavy (non-hydrogen) atoms. The Morgan fingerprint density at radius 1 is 1.15 bits per heavy atom. The van der Waals surface area contributed by atoms with Gasteiger partial charge in [-0.3, -0.25) is 9.59 Å². The summed E-state index contributed by atoms with van der Waals surface area (Å²) in [7, 11) is 0. The predicted octanol–water partition coefficient (Wildman–Crippen LogP) is 5.67. The molecule has 0 amide bonds. The van der Waals surface area contributed by atoms with E-state index in [2.05, 4.69) is 33.8 Å². The fraction of sp³-hybridized carbons (Fsp3) is 0.800. The number of hydrogen-bond donors (Lipinski definition) is 2. The maximum Gasteiger partial charge on any atom is 0.184 e. The fourth-order valence-electron chi connectivity index (χ4n) is 9.28. The van der Waals surface area contributed by atoms with Crippen LogP contribution in [0.5, 0.6) is 0 Å². The second-order valence-electron chi connectivity index (χ2n) is 13.4. The van der Waals surface area contributed by atoms with Crippen molar-refractivity contribution in [1.29, 1.82) is 0 Å². The molecule has 2 N–H and O–H groups in total. The van der Waals surface area contributed by atoms with Crippen molar-refractivity contribution in [2.45, 2.75) is 99.5 Å².